The van der Waals surface area contributed by atoms with Gasteiger partial charge in [0.25, 0.3) is 5.91 Å². The second kappa shape index (κ2) is 12.5. The van der Waals surface area contributed by atoms with Crippen LogP contribution in [-0.4, -0.2) is 30.6 Å². The molecule has 0 saturated carbocycles. The summed E-state index contributed by atoms with van der Waals surface area (Å²) < 4.78 is 11.4. The molecule has 0 radical (unpaired) electrons. The van der Waals surface area contributed by atoms with E-state index in [2.05, 4.69) is 16.0 Å². The van der Waals surface area contributed by atoms with E-state index in [0.717, 1.165) is 16.9 Å². The molecule has 2 amide bonds. The van der Waals surface area contributed by atoms with Gasteiger partial charge in [-0.15, -0.1) is 0 Å². The number of carbonyl (C=O) groups is 2. The Morgan fingerprint density at radius 2 is 1.68 bits per heavy atom. The molecule has 3 N–H and O–H groups in total. The Bertz CT molecular complexity index is 986. The van der Waals surface area contributed by atoms with E-state index in [9.17, 15) is 9.59 Å². The lowest BCUT2D eigenvalue weighted by atomic mass is 10.1. The van der Waals surface area contributed by atoms with Gasteiger partial charge >= 0.3 is 0 Å². The van der Waals surface area contributed by atoms with Gasteiger partial charge in [0.1, 0.15) is 0 Å². The van der Waals surface area contributed by atoms with Gasteiger partial charge in [-0.3, -0.25) is 9.59 Å². The Morgan fingerprint density at radius 1 is 1.00 bits per heavy atom. The summed E-state index contributed by atoms with van der Waals surface area (Å²) in [6.45, 7) is 12.4. The van der Waals surface area contributed by atoms with Crippen LogP contribution in [0.25, 0.3) is 0 Å². The number of amides is 2. The van der Waals surface area contributed by atoms with Crippen molar-refractivity contribution < 1.29 is 19.1 Å². The van der Waals surface area contributed by atoms with Crippen LogP contribution >= 0.6 is 11.6 Å². The van der Waals surface area contributed by atoms with Crippen molar-refractivity contribution in [3.05, 3.63) is 47.0 Å². The second-order valence-corrected chi connectivity index (χ2v) is 9.90. The highest BCUT2D eigenvalue weighted by Gasteiger charge is 2.16. The minimum Gasteiger partial charge on any atom is -0.490 e. The molecule has 2 aromatic rings. The van der Waals surface area contributed by atoms with E-state index >= 15 is 0 Å². The molecule has 0 bridgehead atoms. The van der Waals surface area contributed by atoms with Gasteiger partial charge in [0, 0.05) is 41.0 Å². The third-order valence-electron chi connectivity index (χ3n) is 4.51. The van der Waals surface area contributed by atoms with Crippen molar-refractivity contribution in [3.8, 4) is 11.5 Å². The van der Waals surface area contributed by atoms with Crippen molar-refractivity contribution in [3.63, 3.8) is 0 Å². The smallest absolute Gasteiger partial charge is 0.258 e. The van der Waals surface area contributed by atoms with Gasteiger partial charge in [0.15, 0.2) is 18.1 Å². The van der Waals surface area contributed by atoms with Gasteiger partial charge in [-0.05, 0) is 63.4 Å². The Kier molecular flexibility index (Phi) is 10.1. The number of hydrogen-bond donors (Lipinski definition) is 3. The first-order valence-electron chi connectivity index (χ1n) is 11.5. The summed E-state index contributed by atoms with van der Waals surface area (Å²) in [6, 6.07) is 11.0. The lowest BCUT2D eigenvalue weighted by Crippen LogP contribution is -2.43. The molecule has 0 atom stereocenters. The molecule has 8 heteroatoms. The monoisotopic (exact) mass is 489 g/mol. The Balaban J connectivity index is 2.07. The normalized spacial score (nSPS) is 11.2. The highest BCUT2D eigenvalue weighted by Crippen LogP contribution is 2.34. The van der Waals surface area contributed by atoms with Crippen LogP contribution in [0.3, 0.4) is 0 Å². The van der Waals surface area contributed by atoms with Gasteiger partial charge in [-0.1, -0.05) is 31.5 Å². The highest BCUT2D eigenvalue weighted by molar-refractivity contribution is 6.31. The zero-order valence-corrected chi connectivity index (χ0v) is 21.6. The van der Waals surface area contributed by atoms with Crippen LogP contribution < -0.4 is 25.4 Å². The number of nitrogens with one attached hydrogen (secondary N) is 3. The SMILES string of the molecule is CCOc1cc(CNc2cccc(NC(=O)CC(C)C)c2)c(Cl)cc1OCC(=O)NC(C)(C)C. The first kappa shape index (κ1) is 27.3. The van der Waals surface area contributed by atoms with E-state index in [1.165, 1.54) is 0 Å². The summed E-state index contributed by atoms with van der Waals surface area (Å²) in [5.74, 6) is 0.986. The predicted molar refractivity (Wildman–Crippen MR) is 138 cm³/mol. The highest BCUT2D eigenvalue weighted by atomic mass is 35.5. The summed E-state index contributed by atoms with van der Waals surface area (Å²) in [7, 11) is 0. The Hall–Kier alpha value is -2.93. The molecule has 0 aliphatic heterocycles. The average Bonchev–Trinajstić information content (AvgIpc) is 2.71. The Morgan fingerprint density at radius 3 is 2.32 bits per heavy atom. The summed E-state index contributed by atoms with van der Waals surface area (Å²) in [4.78, 5) is 24.2. The molecule has 2 aromatic carbocycles. The summed E-state index contributed by atoms with van der Waals surface area (Å²) >= 11 is 6.50. The minimum absolute atomic E-state index is 0.0108. The lowest BCUT2D eigenvalue weighted by molar-refractivity contribution is -0.124. The van der Waals surface area contributed by atoms with Crippen LogP contribution in [0.5, 0.6) is 11.5 Å². The molecule has 34 heavy (non-hydrogen) atoms. The largest absolute Gasteiger partial charge is 0.490 e. The maximum absolute atomic E-state index is 12.1. The van der Waals surface area contributed by atoms with Crippen molar-refractivity contribution in [2.24, 2.45) is 5.92 Å². The van der Waals surface area contributed by atoms with Gasteiger partial charge in [-0.2, -0.15) is 0 Å². The van der Waals surface area contributed by atoms with E-state index in [0.29, 0.717) is 42.0 Å². The molecule has 0 saturated heterocycles. The maximum atomic E-state index is 12.1. The molecule has 0 fully saturated rings. The van der Waals surface area contributed by atoms with E-state index < -0.39 is 0 Å². The van der Waals surface area contributed by atoms with Crippen LogP contribution in [0.15, 0.2) is 36.4 Å². The Labute approximate surface area is 207 Å². The third-order valence-corrected chi connectivity index (χ3v) is 4.86. The van der Waals surface area contributed by atoms with Crippen molar-refractivity contribution in [2.45, 2.75) is 60.0 Å². The molecule has 0 unspecified atom stereocenters. The van der Waals surface area contributed by atoms with Crippen molar-refractivity contribution >= 4 is 34.8 Å². The fourth-order valence-electron chi connectivity index (χ4n) is 3.18. The molecule has 7 nitrogen and oxygen atoms in total. The number of benzene rings is 2. The zero-order chi connectivity index (χ0) is 25.3. The first-order valence-corrected chi connectivity index (χ1v) is 11.9. The molecule has 186 valence electrons. The summed E-state index contributed by atoms with van der Waals surface area (Å²) in [6.07, 6.45) is 0.472. The molecular weight excluding hydrogens is 454 g/mol. The van der Waals surface area contributed by atoms with Gasteiger partial charge in [-0.25, -0.2) is 0 Å². The molecule has 2 rings (SSSR count). The molecule has 0 heterocycles. The van der Waals surface area contributed by atoms with E-state index in [1.807, 2.05) is 71.9 Å². The summed E-state index contributed by atoms with van der Waals surface area (Å²) in [5.41, 5.74) is 2.04. The number of rotatable bonds is 11. The number of carbonyl (C=O) groups excluding carboxylic acids is 2. The molecule has 0 aromatic heterocycles. The molecule has 0 spiro atoms. The second-order valence-electron chi connectivity index (χ2n) is 9.49. The zero-order valence-electron chi connectivity index (χ0n) is 20.9. The van der Waals surface area contributed by atoms with E-state index in [-0.39, 0.29) is 24.0 Å². The fraction of sp³-hybridized carbons (Fsp3) is 0.462. The number of hydrogen-bond acceptors (Lipinski definition) is 5. The standard InChI is InChI=1S/C26H36ClN3O4/c1-7-33-22-12-18(21(27)14-23(22)34-16-25(32)30-26(4,5)6)15-28-19-9-8-10-20(13-19)29-24(31)11-17(2)3/h8-10,12-14,17,28H,7,11,15-16H2,1-6H3,(H,29,31)(H,30,32). The maximum Gasteiger partial charge on any atom is 0.258 e. The van der Waals surface area contributed by atoms with Crippen LogP contribution in [0.4, 0.5) is 11.4 Å². The van der Waals surface area contributed by atoms with Crippen molar-refractivity contribution in [1.29, 1.82) is 0 Å². The number of anilines is 2. The van der Waals surface area contributed by atoms with Crippen molar-refractivity contribution in [1.82, 2.24) is 5.32 Å². The summed E-state index contributed by atoms with van der Waals surface area (Å²) in [5, 5.41) is 9.59. The molecule has 0 aliphatic carbocycles. The minimum atomic E-state index is -0.342. The number of ether oxygens (including phenoxy) is 2. The van der Waals surface area contributed by atoms with Gasteiger partial charge < -0.3 is 25.4 Å². The van der Waals surface area contributed by atoms with E-state index in [1.54, 1.807) is 6.07 Å². The van der Waals surface area contributed by atoms with Crippen LogP contribution in [0.2, 0.25) is 5.02 Å². The molecular formula is C26H36ClN3O4. The first-order chi connectivity index (χ1) is 16.0. The quantitative estimate of drug-likeness (QED) is 0.380. The third kappa shape index (κ3) is 9.51. The van der Waals surface area contributed by atoms with E-state index in [4.69, 9.17) is 21.1 Å². The lowest BCUT2D eigenvalue weighted by Gasteiger charge is -2.21. The van der Waals surface area contributed by atoms with Crippen molar-refractivity contribution in [2.75, 3.05) is 23.8 Å². The predicted octanol–water partition coefficient (Wildman–Crippen LogP) is 5.63. The molecule has 0 aliphatic rings. The van der Waals surface area contributed by atoms with Gasteiger partial charge in [0.2, 0.25) is 5.91 Å². The topological polar surface area (TPSA) is 88.7 Å². The van der Waals surface area contributed by atoms with Gasteiger partial charge in [0.05, 0.1) is 6.61 Å². The van der Waals surface area contributed by atoms with Crippen LogP contribution in [0.1, 0.15) is 53.5 Å². The number of halogens is 1. The van der Waals surface area contributed by atoms with Crippen LogP contribution in [0, 0.1) is 5.92 Å². The van der Waals surface area contributed by atoms with Crippen LogP contribution in [-0.2, 0) is 16.1 Å². The fourth-order valence-corrected chi connectivity index (χ4v) is 3.40. The average molecular weight is 490 g/mol.